The van der Waals surface area contributed by atoms with Crippen molar-refractivity contribution in [3.63, 3.8) is 0 Å². The second-order valence-electron chi connectivity index (χ2n) is 4.35. The summed E-state index contributed by atoms with van der Waals surface area (Å²) in [5.74, 6) is 0.879. The number of hydrogen-bond donors (Lipinski definition) is 0. The Hall–Kier alpha value is -0.370. The molecule has 76 valence electrons. The van der Waals surface area contributed by atoms with Crippen LogP contribution in [0.15, 0.2) is 0 Å². The third-order valence-electron chi connectivity index (χ3n) is 2.86. The van der Waals surface area contributed by atoms with Gasteiger partial charge < -0.3 is 4.90 Å². The van der Waals surface area contributed by atoms with Crippen LogP contribution in [0.2, 0.25) is 0 Å². The first-order valence-electron chi connectivity index (χ1n) is 5.37. The lowest BCUT2D eigenvalue weighted by molar-refractivity contribution is -0.123. The number of rotatable bonds is 3. The van der Waals surface area contributed by atoms with Crippen molar-refractivity contribution in [2.75, 3.05) is 20.6 Å². The predicted molar refractivity (Wildman–Crippen MR) is 54.8 cm³/mol. The van der Waals surface area contributed by atoms with Crippen molar-refractivity contribution >= 4 is 5.78 Å². The molecule has 0 heterocycles. The summed E-state index contributed by atoms with van der Waals surface area (Å²) in [5.41, 5.74) is 0. The third kappa shape index (κ3) is 3.90. The Kier molecular flexibility index (Phi) is 4.43. The van der Waals surface area contributed by atoms with Crippen LogP contribution < -0.4 is 0 Å². The minimum absolute atomic E-state index is 0.366. The van der Waals surface area contributed by atoms with Crippen molar-refractivity contribution < 1.29 is 4.79 Å². The average molecular weight is 183 g/mol. The Labute approximate surface area is 81.3 Å². The molecule has 1 aliphatic carbocycles. The van der Waals surface area contributed by atoms with E-state index >= 15 is 0 Å². The monoisotopic (exact) mass is 183 g/mol. The maximum absolute atomic E-state index is 11.6. The van der Waals surface area contributed by atoms with Gasteiger partial charge >= 0.3 is 0 Å². The molecule has 0 radical (unpaired) electrons. The molecule has 1 saturated carbocycles. The molecule has 1 rings (SSSR count). The van der Waals surface area contributed by atoms with Gasteiger partial charge in [-0.15, -0.1) is 0 Å². The van der Waals surface area contributed by atoms with Crippen molar-refractivity contribution in [1.82, 2.24) is 4.90 Å². The molecular formula is C11H21NO. The fourth-order valence-electron chi connectivity index (χ4n) is 1.95. The molecule has 1 fully saturated rings. The summed E-state index contributed by atoms with van der Waals surface area (Å²) < 4.78 is 0. The summed E-state index contributed by atoms with van der Waals surface area (Å²) in [7, 11) is 4.14. The van der Waals surface area contributed by atoms with Crippen LogP contribution in [0.4, 0.5) is 0 Å². The maximum Gasteiger partial charge on any atom is 0.136 e. The van der Waals surface area contributed by atoms with E-state index in [-0.39, 0.29) is 0 Å². The normalized spacial score (nSPS) is 24.8. The molecule has 1 aliphatic rings. The number of nitrogens with zero attached hydrogens (tertiary/aromatic N) is 1. The number of carbonyl (C=O) groups is 1. The van der Waals surface area contributed by atoms with E-state index in [9.17, 15) is 4.79 Å². The molecular weight excluding hydrogens is 162 g/mol. The highest BCUT2D eigenvalue weighted by Crippen LogP contribution is 2.22. The van der Waals surface area contributed by atoms with E-state index in [1.165, 1.54) is 12.8 Å². The summed E-state index contributed by atoms with van der Waals surface area (Å²) in [6.45, 7) is 1.05. The molecule has 0 saturated heterocycles. The van der Waals surface area contributed by atoms with Gasteiger partial charge in [0.15, 0.2) is 0 Å². The first-order chi connectivity index (χ1) is 6.20. The lowest BCUT2D eigenvalue weighted by Crippen LogP contribution is -2.20. The Morgan fingerprint density at radius 2 is 2.08 bits per heavy atom. The molecule has 0 amide bonds. The minimum Gasteiger partial charge on any atom is -0.309 e. The topological polar surface area (TPSA) is 20.3 Å². The highest BCUT2D eigenvalue weighted by atomic mass is 16.1. The third-order valence-corrected chi connectivity index (χ3v) is 2.86. The smallest absolute Gasteiger partial charge is 0.136 e. The SMILES string of the molecule is CN(C)CCC1CCCCCC1=O. The quantitative estimate of drug-likeness (QED) is 0.624. The molecule has 2 heteroatoms. The summed E-state index contributed by atoms with van der Waals surface area (Å²) >= 11 is 0. The first-order valence-corrected chi connectivity index (χ1v) is 5.37. The van der Waals surface area contributed by atoms with Gasteiger partial charge in [0.1, 0.15) is 5.78 Å². The van der Waals surface area contributed by atoms with Crippen molar-refractivity contribution in [2.24, 2.45) is 5.92 Å². The summed E-state index contributed by atoms with van der Waals surface area (Å²) in [6, 6.07) is 0. The average Bonchev–Trinajstić information content (AvgIpc) is 2.27. The highest BCUT2D eigenvalue weighted by Gasteiger charge is 2.20. The van der Waals surface area contributed by atoms with E-state index in [1.807, 2.05) is 0 Å². The second kappa shape index (κ2) is 5.38. The number of ketones is 1. The summed E-state index contributed by atoms with van der Waals surface area (Å²) in [5, 5.41) is 0. The minimum atomic E-state index is 0.366. The number of hydrogen-bond acceptors (Lipinski definition) is 2. The number of carbonyl (C=O) groups excluding carboxylic acids is 1. The molecule has 1 atom stereocenters. The van der Waals surface area contributed by atoms with Crippen LogP contribution in [0, 0.1) is 5.92 Å². The molecule has 0 bridgehead atoms. The van der Waals surface area contributed by atoms with E-state index in [2.05, 4.69) is 19.0 Å². The molecule has 0 aromatic carbocycles. The highest BCUT2D eigenvalue weighted by molar-refractivity contribution is 5.81. The van der Waals surface area contributed by atoms with Crippen LogP contribution in [-0.4, -0.2) is 31.3 Å². The predicted octanol–water partition coefficient (Wildman–Crippen LogP) is 2.09. The zero-order chi connectivity index (χ0) is 9.68. The van der Waals surface area contributed by atoms with Crippen LogP contribution in [0.25, 0.3) is 0 Å². The van der Waals surface area contributed by atoms with Crippen LogP contribution in [-0.2, 0) is 4.79 Å². The second-order valence-corrected chi connectivity index (χ2v) is 4.35. The lowest BCUT2D eigenvalue weighted by atomic mass is 9.95. The Morgan fingerprint density at radius 1 is 1.31 bits per heavy atom. The molecule has 0 spiro atoms. The van der Waals surface area contributed by atoms with E-state index in [0.717, 1.165) is 32.2 Å². The fourth-order valence-corrected chi connectivity index (χ4v) is 1.95. The van der Waals surface area contributed by atoms with Crippen LogP contribution in [0.3, 0.4) is 0 Å². The van der Waals surface area contributed by atoms with Gasteiger partial charge in [0.2, 0.25) is 0 Å². The van der Waals surface area contributed by atoms with Gasteiger partial charge in [-0.1, -0.05) is 12.8 Å². The summed E-state index contributed by atoms with van der Waals surface area (Å²) in [6.07, 6.45) is 6.65. The van der Waals surface area contributed by atoms with Crippen LogP contribution in [0.5, 0.6) is 0 Å². The van der Waals surface area contributed by atoms with Crippen LogP contribution >= 0.6 is 0 Å². The Balaban J connectivity index is 2.32. The van der Waals surface area contributed by atoms with Crippen molar-refractivity contribution in [1.29, 1.82) is 0 Å². The molecule has 0 N–H and O–H groups in total. The Bertz CT molecular complexity index is 165. The zero-order valence-electron chi connectivity index (χ0n) is 8.88. The molecule has 0 aromatic rings. The van der Waals surface area contributed by atoms with E-state index in [0.29, 0.717) is 11.7 Å². The largest absolute Gasteiger partial charge is 0.309 e. The number of Topliss-reactive ketones (excluding diaryl/α,β-unsaturated/α-hetero) is 1. The molecule has 0 aromatic heterocycles. The van der Waals surface area contributed by atoms with Gasteiger partial charge in [-0.05, 0) is 39.9 Å². The molecule has 2 nitrogen and oxygen atoms in total. The first kappa shape index (κ1) is 10.7. The molecule has 1 unspecified atom stereocenters. The Morgan fingerprint density at radius 3 is 2.77 bits per heavy atom. The zero-order valence-corrected chi connectivity index (χ0v) is 8.88. The van der Waals surface area contributed by atoms with Gasteiger partial charge in [0.05, 0.1) is 0 Å². The standard InChI is InChI=1S/C11H21NO/c1-12(2)9-8-10-6-4-3-5-7-11(10)13/h10H,3-9H2,1-2H3. The van der Waals surface area contributed by atoms with Gasteiger partial charge in [-0.2, -0.15) is 0 Å². The van der Waals surface area contributed by atoms with Gasteiger partial charge in [0.25, 0.3) is 0 Å². The van der Waals surface area contributed by atoms with Crippen molar-refractivity contribution in [3.8, 4) is 0 Å². The van der Waals surface area contributed by atoms with Gasteiger partial charge in [-0.3, -0.25) is 4.79 Å². The van der Waals surface area contributed by atoms with Crippen molar-refractivity contribution in [3.05, 3.63) is 0 Å². The fraction of sp³-hybridized carbons (Fsp3) is 0.909. The van der Waals surface area contributed by atoms with Crippen molar-refractivity contribution in [2.45, 2.75) is 38.5 Å². The molecule has 13 heavy (non-hydrogen) atoms. The van der Waals surface area contributed by atoms with Gasteiger partial charge in [0, 0.05) is 12.3 Å². The molecule has 0 aliphatic heterocycles. The van der Waals surface area contributed by atoms with Crippen LogP contribution in [0.1, 0.15) is 38.5 Å². The summed E-state index contributed by atoms with van der Waals surface area (Å²) in [4.78, 5) is 13.8. The van der Waals surface area contributed by atoms with E-state index in [1.54, 1.807) is 0 Å². The van der Waals surface area contributed by atoms with Gasteiger partial charge in [-0.25, -0.2) is 0 Å². The maximum atomic E-state index is 11.6. The van der Waals surface area contributed by atoms with E-state index < -0.39 is 0 Å². The van der Waals surface area contributed by atoms with E-state index in [4.69, 9.17) is 0 Å². The lowest BCUT2D eigenvalue weighted by Gasteiger charge is -2.15.